The van der Waals surface area contributed by atoms with Gasteiger partial charge in [-0.3, -0.25) is 9.78 Å². The molecule has 1 aromatic heterocycles. The summed E-state index contributed by atoms with van der Waals surface area (Å²) < 4.78 is 15.4. The largest absolute Gasteiger partial charge is 0.493 e. The summed E-state index contributed by atoms with van der Waals surface area (Å²) in [6.45, 7) is 0.0915. The van der Waals surface area contributed by atoms with Crippen molar-refractivity contribution in [1.29, 1.82) is 0 Å². The summed E-state index contributed by atoms with van der Waals surface area (Å²) in [5, 5.41) is 2.70. The van der Waals surface area contributed by atoms with Crippen molar-refractivity contribution >= 4 is 11.9 Å². The third-order valence-electron chi connectivity index (χ3n) is 3.43. The van der Waals surface area contributed by atoms with Gasteiger partial charge in [-0.25, -0.2) is 4.79 Å². The number of pyridine rings is 1. The molecule has 0 aliphatic heterocycles. The van der Waals surface area contributed by atoms with Crippen molar-refractivity contribution < 1.29 is 23.8 Å². The number of nitrogens with zero attached hydrogens (tertiary/aromatic N) is 1. The number of ether oxygens (including phenoxy) is 3. The zero-order valence-corrected chi connectivity index (χ0v) is 14.2. The fourth-order valence-corrected chi connectivity index (χ4v) is 2.14. The summed E-state index contributed by atoms with van der Waals surface area (Å²) in [6, 6.07) is 8.62. The molecule has 1 aromatic carbocycles. The minimum absolute atomic E-state index is 0.326. The van der Waals surface area contributed by atoms with Crippen LogP contribution in [-0.2, 0) is 16.0 Å². The standard InChI is InChI=1S/C18H20N2O5/c1-23-15-4-3-13(11-16(15)24-2)5-10-20-17(21)12-25-18(22)14-6-8-19-9-7-14/h3-4,6-9,11H,5,10,12H2,1-2H3,(H,20,21). The summed E-state index contributed by atoms with van der Waals surface area (Å²) in [7, 11) is 3.14. The lowest BCUT2D eigenvalue weighted by Crippen LogP contribution is -2.30. The van der Waals surface area contributed by atoms with E-state index in [0.29, 0.717) is 30.0 Å². The maximum absolute atomic E-state index is 11.7. The average Bonchev–Trinajstić information content (AvgIpc) is 2.66. The summed E-state index contributed by atoms with van der Waals surface area (Å²) in [6.07, 6.45) is 3.59. The number of benzene rings is 1. The van der Waals surface area contributed by atoms with Gasteiger partial charge in [0.05, 0.1) is 19.8 Å². The Morgan fingerprint density at radius 3 is 2.44 bits per heavy atom. The van der Waals surface area contributed by atoms with Crippen LogP contribution in [0.1, 0.15) is 15.9 Å². The normalized spacial score (nSPS) is 10.0. The van der Waals surface area contributed by atoms with Gasteiger partial charge in [-0.2, -0.15) is 0 Å². The number of aromatic nitrogens is 1. The van der Waals surface area contributed by atoms with E-state index in [1.165, 1.54) is 24.5 Å². The highest BCUT2D eigenvalue weighted by atomic mass is 16.5. The Kier molecular flexibility index (Phi) is 6.76. The molecule has 0 saturated heterocycles. The number of rotatable bonds is 8. The van der Waals surface area contributed by atoms with Crippen LogP contribution in [0, 0.1) is 0 Å². The molecule has 0 spiro atoms. The molecule has 0 aliphatic carbocycles. The maximum atomic E-state index is 11.7. The lowest BCUT2D eigenvalue weighted by atomic mass is 10.1. The first-order valence-corrected chi connectivity index (χ1v) is 7.68. The molecule has 0 bridgehead atoms. The molecule has 1 N–H and O–H groups in total. The third-order valence-corrected chi connectivity index (χ3v) is 3.43. The number of hydrogen-bond donors (Lipinski definition) is 1. The molecule has 2 rings (SSSR count). The fourth-order valence-electron chi connectivity index (χ4n) is 2.14. The Hall–Kier alpha value is -3.09. The van der Waals surface area contributed by atoms with Gasteiger partial charge in [0.25, 0.3) is 5.91 Å². The fraction of sp³-hybridized carbons (Fsp3) is 0.278. The molecule has 7 heteroatoms. The van der Waals surface area contributed by atoms with Gasteiger partial charge in [0, 0.05) is 18.9 Å². The van der Waals surface area contributed by atoms with Crippen molar-refractivity contribution in [3.63, 3.8) is 0 Å². The minimum Gasteiger partial charge on any atom is -0.493 e. The van der Waals surface area contributed by atoms with Crippen LogP contribution in [0.15, 0.2) is 42.7 Å². The Morgan fingerprint density at radius 2 is 1.76 bits per heavy atom. The Bertz CT molecular complexity index is 719. The first kappa shape index (κ1) is 18.3. The lowest BCUT2D eigenvalue weighted by molar-refractivity contribution is -0.124. The molecule has 0 unspecified atom stereocenters. The highest BCUT2D eigenvalue weighted by Crippen LogP contribution is 2.27. The summed E-state index contributed by atoms with van der Waals surface area (Å²) in [4.78, 5) is 27.3. The van der Waals surface area contributed by atoms with Crippen LogP contribution in [0.3, 0.4) is 0 Å². The molecule has 0 aliphatic rings. The molecule has 1 heterocycles. The second-order valence-electron chi connectivity index (χ2n) is 5.10. The van der Waals surface area contributed by atoms with Gasteiger partial charge in [0.2, 0.25) is 0 Å². The number of amides is 1. The molecule has 0 atom stereocenters. The predicted molar refractivity (Wildman–Crippen MR) is 90.8 cm³/mol. The topological polar surface area (TPSA) is 86.8 Å². The smallest absolute Gasteiger partial charge is 0.338 e. The molecule has 0 saturated carbocycles. The van der Waals surface area contributed by atoms with E-state index in [1.807, 2.05) is 18.2 Å². The van der Waals surface area contributed by atoms with Crippen LogP contribution in [-0.4, -0.2) is 44.2 Å². The van der Waals surface area contributed by atoms with E-state index < -0.39 is 5.97 Å². The van der Waals surface area contributed by atoms with E-state index in [9.17, 15) is 9.59 Å². The predicted octanol–water partition coefficient (Wildman–Crippen LogP) is 1.61. The van der Waals surface area contributed by atoms with Crippen molar-refractivity contribution in [3.05, 3.63) is 53.9 Å². The van der Waals surface area contributed by atoms with Gasteiger partial charge in [-0.15, -0.1) is 0 Å². The van der Waals surface area contributed by atoms with E-state index in [1.54, 1.807) is 14.2 Å². The Balaban J connectivity index is 1.74. The number of hydrogen-bond acceptors (Lipinski definition) is 6. The van der Waals surface area contributed by atoms with Gasteiger partial charge >= 0.3 is 5.97 Å². The van der Waals surface area contributed by atoms with Crippen LogP contribution in [0.2, 0.25) is 0 Å². The van der Waals surface area contributed by atoms with Crippen LogP contribution in [0.4, 0.5) is 0 Å². The average molecular weight is 344 g/mol. The number of carbonyl (C=O) groups is 2. The zero-order valence-electron chi connectivity index (χ0n) is 14.2. The monoisotopic (exact) mass is 344 g/mol. The number of methoxy groups -OCH3 is 2. The third kappa shape index (κ3) is 5.49. The maximum Gasteiger partial charge on any atom is 0.338 e. The van der Waals surface area contributed by atoms with Crippen molar-refractivity contribution in [2.75, 3.05) is 27.4 Å². The van der Waals surface area contributed by atoms with Gasteiger partial charge in [0.1, 0.15) is 0 Å². The van der Waals surface area contributed by atoms with E-state index in [0.717, 1.165) is 5.56 Å². The zero-order chi connectivity index (χ0) is 18.1. The number of esters is 1. The van der Waals surface area contributed by atoms with Crippen LogP contribution < -0.4 is 14.8 Å². The Morgan fingerprint density at radius 1 is 1.04 bits per heavy atom. The number of nitrogens with one attached hydrogen (secondary N) is 1. The molecular formula is C18H20N2O5. The quantitative estimate of drug-likeness (QED) is 0.732. The second-order valence-corrected chi connectivity index (χ2v) is 5.10. The first-order chi connectivity index (χ1) is 12.1. The molecule has 1 amide bonds. The Labute approximate surface area is 145 Å². The SMILES string of the molecule is COc1ccc(CCNC(=O)COC(=O)c2ccncc2)cc1OC. The van der Waals surface area contributed by atoms with Gasteiger partial charge in [0.15, 0.2) is 18.1 Å². The molecular weight excluding hydrogens is 324 g/mol. The first-order valence-electron chi connectivity index (χ1n) is 7.68. The summed E-state index contributed by atoms with van der Waals surface area (Å²) >= 11 is 0. The summed E-state index contributed by atoms with van der Waals surface area (Å²) in [5.41, 5.74) is 1.35. The molecule has 7 nitrogen and oxygen atoms in total. The van der Waals surface area contributed by atoms with Crippen LogP contribution in [0.25, 0.3) is 0 Å². The van der Waals surface area contributed by atoms with Crippen molar-refractivity contribution in [1.82, 2.24) is 10.3 Å². The molecule has 2 aromatic rings. The minimum atomic E-state index is -0.558. The number of carbonyl (C=O) groups excluding carboxylic acids is 2. The van der Waals surface area contributed by atoms with Gasteiger partial charge in [-0.05, 0) is 36.2 Å². The van der Waals surface area contributed by atoms with E-state index in [-0.39, 0.29) is 12.5 Å². The van der Waals surface area contributed by atoms with Crippen molar-refractivity contribution in [2.24, 2.45) is 0 Å². The highest BCUT2D eigenvalue weighted by molar-refractivity contribution is 5.91. The van der Waals surface area contributed by atoms with Gasteiger partial charge < -0.3 is 19.5 Å². The second kappa shape index (κ2) is 9.27. The molecule has 0 radical (unpaired) electrons. The molecule has 0 fully saturated rings. The highest BCUT2D eigenvalue weighted by Gasteiger charge is 2.10. The molecule has 132 valence electrons. The van der Waals surface area contributed by atoms with Crippen LogP contribution in [0.5, 0.6) is 11.5 Å². The van der Waals surface area contributed by atoms with Crippen molar-refractivity contribution in [2.45, 2.75) is 6.42 Å². The van der Waals surface area contributed by atoms with E-state index in [2.05, 4.69) is 10.3 Å². The molecule has 25 heavy (non-hydrogen) atoms. The van der Waals surface area contributed by atoms with Crippen molar-refractivity contribution in [3.8, 4) is 11.5 Å². The summed E-state index contributed by atoms with van der Waals surface area (Å²) in [5.74, 6) is 0.372. The van der Waals surface area contributed by atoms with Crippen LogP contribution >= 0.6 is 0 Å². The van der Waals surface area contributed by atoms with E-state index in [4.69, 9.17) is 14.2 Å². The van der Waals surface area contributed by atoms with Gasteiger partial charge in [-0.1, -0.05) is 6.07 Å². The lowest BCUT2D eigenvalue weighted by Gasteiger charge is -2.10. The van der Waals surface area contributed by atoms with E-state index >= 15 is 0 Å².